The summed E-state index contributed by atoms with van der Waals surface area (Å²) in [6.45, 7) is 0.967. The molecular weight excluding hydrogens is 356 g/mol. The SMILES string of the molecule is O=C(O)c1cn(C2CC2)c2c(CF)c(N3CCNCC3)c(CF)cc2c1=O. The van der Waals surface area contributed by atoms with Gasteiger partial charge in [-0.25, -0.2) is 13.6 Å². The van der Waals surface area contributed by atoms with E-state index in [2.05, 4.69) is 5.32 Å². The number of carboxylic acid groups (broad SMARTS) is 1. The summed E-state index contributed by atoms with van der Waals surface area (Å²) in [5.41, 5.74) is 0.373. The Kier molecular flexibility index (Phi) is 4.59. The number of nitrogens with one attached hydrogen (secondary N) is 1. The van der Waals surface area contributed by atoms with E-state index in [4.69, 9.17) is 0 Å². The van der Waals surface area contributed by atoms with Gasteiger partial charge in [0.05, 0.1) is 11.2 Å². The van der Waals surface area contributed by atoms with Gasteiger partial charge >= 0.3 is 5.97 Å². The maximum atomic E-state index is 14.2. The van der Waals surface area contributed by atoms with Crippen LogP contribution in [-0.2, 0) is 13.3 Å². The largest absolute Gasteiger partial charge is 0.477 e. The van der Waals surface area contributed by atoms with Crippen molar-refractivity contribution in [2.24, 2.45) is 0 Å². The van der Waals surface area contributed by atoms with Gasteiger partial charge in [-0.15, -0.1) is 0 Å². The van der Waals surface area contributed by atoms with Crippen LogP contribution < -0.4 is 15.6 Å². The minimum absolute atomic E-state index is 0.0450. The van der Waals surface area contributed by atoms with Gasteiger partial charge in [0.1, 0.15) is 18.9 Å². The van der Waals surface area contributed by atoms with Crippen LogP contribution in [0.15, 0.2) is 17.1 Å². The van der Waals surface area contributed by atoms with E-state index in [1.165, 1.54) is 12.3 Å². The molecule has 1 aromatic carbocycles. The van der Waals surface area contributed by atoms with Gasteiger partial charge in [0.15, 0.2) is 0 Å². The number of pyridine rings is 1. The van der Waals surface area contributed by atoms with Crippen molar-refractivity contribution in [2.75, 3.05) is 31.1 Å². The van der Waals surface area contributed by atoms with Gasteiger partial charge in [-0.3, -0.25) is 4.79 Å². The van der Waals surface area contributed by atoms with Crippen LogP contribution in [0, 0.1) is 0 Å². The van der Waals surface area contributed by atoms with E-state index in [9.17, 15) is 23.5 Å². The first-order valence-electron chi connectivity index (χ1n) is 9.11. The monoisotopic (exact) mass is 377 g/mol. The van der Waals surface area contributed by atoms with Gasteiger partial charge in [-0.2, -0.15) is 0 Å². The molecule has 8 heteroatoms. The number of hydrogen-bond acceptors (Lipinski definition) is 4. The lowest BCUT2D eigenvalue weighted by Crippen LogP contribution is -2.44. The Balaban J connectivity index is 2.08. The summed E-state index contributed by atoms with van der Waals surface area (Å²) in [4.78, 5) is 26.2. The number of halogens is 2. The van der Waals surface area contributed by atoms with Crippen molar-refractivity contribution in [1.82, 2.24) is 9.88 Å². The van der Waals surface area contributed by atoms with Gasteiger partial charge in [0, 0.05) is 54.9 Å². The fourth-order valence-corrected chi connectivity index (χ4v) is 3.96. The highest BCUT2D eigenvalue weighted by atomic mass is 19.1. The topological polar surface area (TPSA) is 74.6 Å². The number of piperazine rings is 1. The third-order valence-electron chi connectivity index (χ3n) is 5.35. The first-order valence-corrected chi connectivity index (χ1v) is 9.11. The van der Waals surface area contributed by atoms with E-state index in [1.807, 2.05) is 4.90 Å². The third-order valence-corrected chi connectivity index (χ3v) is 5.35. The lowest BCUT2D eigenvalue weighted by Gasteiger charge is -2.33. The Hall–Kier alpha value is -2.48. The number of fused-ring (bicyclic) bond motifs is 1. The van der Waals surface area contributed by atoms with Crippen LogP contribution in [0.1, 0.15) is 40.4 Å². The van der Waals surface area contributed by atoms with Crippen molar-refractivity contribution in [2.45, 2.75) is 32.2 Å². The zero-order valence-electron chi connectivity index (χ0n) is 14.8. The van der Waals surface area contributed by atoms with Gasteiger partial charge in [0.2, 0.25) is 5.43 Å². The summed E-state index contributed by atoms with van der Waals surface area (Å²) in [5, 5.41) is 12.7. The fraction of sp³-hybridized carbons (Fsp3) is 0.474. The molecule has 0 radical (unpaired) electrons. The molecular formula is C19H21F2N3O3. The number of anilines is 1. The number of hydrogen-bond donors (Lipinski definition) is 2. The molecule has 1 saturated carbocycles. The summed E-state index contributed by atoms with van der Waals surface area (Å²) in [6, 6.07) is 1.46. The summed E-state index contributed by atoms with van der Waals surface area (Å²) in [7, 11) is 0. The molecule has 0 atom stereocenters. The highest BCUT2D eigenvalue weighted by Crippen LogP contribution is 2.41. The number of alkyl halides is 2. The first-order chi connectivity index (χ1) is 13.1. The fourth-order valence-electron chi connectivity index (χ4n) is 3.96. The van der Waals surface area contributed by atoms with Gasteiger partial charge in [-0.1, -0.05) is 0 Å². The van der Waals surface area contributed by atoms with E-state index in [0.717, 1.165) is 12.8 Å². The molecule has 27 heavy (non-hydrogen) atoms. The highest BCUT2D eigenvalue weighted by Gasteiger charge is 2.30. The maximum Gasteiger partial charge on any atom is 0.341 e. The molecule has 2 N–H and O–H groups in total. The standard InChI is InChI=1S/C19H21F2N3O3/c20-8-11-7-13-17(14(9-21)16(11)23-5-3-22-4-6-23)24(12-1-2-12)10-15(18(13)25)19(26)27/h7,10,12,22H,1-6,8-9H2,(H,26,27). The van der Waals surface area contributed by atoms with Crippen molar-refractivity contribution < 1.29 is 18.7 Å². The molecule has 1 aliphatic heterocycles. The molecule has 1 saturated heterocycles. The Bertz CT molecular complexity index is 963. The summed E-state index contributed by atoms with van der Waals surface area (Å²) in [5.74, 6) is -1.33. The minimum Gasteiger partial charge on any atom is -0.477 e. The summed E-state index contributed by atoms with van der Waals surface area (Å²) >= 11 is 0. The molecule has 2 aromatic rings. The predicted octanol–water partition coefficient (Wildman–Crippen LogP) is 2.38. The molecule has 0 spiro atoms. The van der Waals surface area contributed by atoms with E-state index < -0.39 is 24.7 Å². The first kappa shape index (κ1) is 17.9. The molecule has 4 rings (SSSR count). The number of nitrogens with zero attached hydrogens (tertiary/aromatic N) is 2. The van der Waals surface area contributed by atoms with E-state index >= 15 is 0 Å². The summed E-state index contributed by atoms with van der Waals surface area (Å²) < 4.78 is 29.8. The zero-order valence-corrected chi connectivity index (χ0v) is 14.8. The van der Waals surface area contributed by atoms with Crippen LogP contribution in [-0.4, -0.2) is 41.8 Å². The smallest absolute Gasteiger partial charge is 0.341 e. The highest BCUT2D eigenvalue weighted by molar-refractivity contribution is 5.96. The number of aromatic nitrogens is 1. The van der Waals surface area contributed by atoms with Crippen LogP contribution in [0.25, 0.3) is 10.9 Å². The number of carboxylic acids is 1. The number of aromatic carboxylic acids is 1. The van der Waals surface area contributed by atoms with Gasteiger partial charge < -0.3 is 19.9 Å². The van der Waals surface area contributed by atoms with E-state index in [1.54, 1.807) is 4.57 Å². The van der Waals surface area contributed by atoms with Crippen molar-refractivity contribution in [1.29, 1.82) is 0 Å². The number of benzene rings is 1. The molecule has 2 heterocycles. The number of rotatable bonds is 5. The van der Waals surface area contributed by atoms with Crippen LogP contribution in [0.4, 0.5) is 14.5 Å². The Labute approximate surface area is 154 Å². The van der Waals surface area contributed by atoms with Gasteiger partial charge in [-0.05, 0) is 18.9 Å². The molecule has 2 fully saturated rings. The lowest BCUT2D eigenvalue weighted by molar-refractivity contribution is 0.0695. The average Bonchev–Trinajstić information content (AvgIpc) is 3.52. The second-order valence-corrected chi connectivity index (χ2v) is 7.08. The molecule has 1 aliphatic carbocycles. The molecule has 144 valence electrons. The predicted molar refractivity (Wildman–Crippen MR) is 98.1 cm³/mol. The van der Waals surface area contributed by atoms with Crippen molar-refractivity contribution in [3.63, 3.8) is 0 Å². The third kappa shape index (κ3) is 2.97. The molecule has 6 nitrogen and oxygen atoms in total. The molecule has 0 amide bonds. The Morgan fingerprint density at radius 2 is 1.93 bits per heavy atom. The summed E-state index contributed by atoms with van der Waals surface area (Å²) in [6.07, 6.45) is 3.01. The van der Waals surface area contributed by atoms with Crippen LogP contribution in [0.3, 0.4) is 0 Å². The molecule has 2 aliphatic rings. The van der Waals surface area contributed by atoms with Crippen molar-refractivity contribution in [3.8, 4) is 0 Å². The molecule has 0 bridgehead atoms. The van der Waals surface area contributed by atoms with Crippen LogP contribution in [0.2, 0.25) is 0 Å². The number of carbonyl (C=O) groups is 1. The second kappa shape index (κ2) is 6.92. The van der Waals surface area contributed by atoms with E-state index in [-0.39, 0.29) is 28.1 Å². The average molecular weight is 377 g/mol. The molecule has 0 unspecified atom stereocenters. The minimum atomic E-state index is -1.33. The Morgan fingerprint density at radius 3 is 2.48 bits per heavy atom. The van der Waals surface area contributed by atoms with Crippen LogP contribution in [0.5, 0.6) is 0 Å². The second-order valence-electron chi connectivity index (χ2n) is 7.08. The quantitative estimate of drug-likeness (QED) is 0.837. The van der Waals surface area contributed by atoms with E-state index in [0.29, 0.717) is 37.4 Å². The van der Waals surface area contributed by atoms with Gasteiger partial charge in [0.25, 0.3) is 0 Å². The van der Waals surface area contributed by atoms with Crippen molar-refractivity contribution >= 4 is 22.6 Å². The van der Waals surface area contributed by atoms with Crippen LogP contribution >= 0.6 is 0 Å². The maximum absolute atomic E-state index is 14.2. The Morgan fingerprint density at radius 1 is 1.22 bits per heavy atom. The van der Waals surface area contributed by atoms with Crippen molar-refractivity contribution in [3.05, 3.63) is 39.2 Å². The normalized spacial score (nSPS) is 17.5. The molecule has 1 aromatic heterocycles. The lowest BCUT2D eigenvalue weighted by atomic mass is 9.99. The zero-order chi connectivity index (χ0) is 19.1.